The maximum Gasteiger partial charge on any atom is 0.325 e. The fourth-order valence-corrected chi connectivity index (χ4v) is 4.76. The van der Waals surface area contributed by atoms with Gasteiger partial charge in [0.2, 0.25) is 0 Å². The Morgan fingerprint density at radius 3 is 1.96 bits per heavy atom. The Morgan fingerprint density at radius 2 is 1.43 bits per heavy atom. The Kier molecular flexibility index (Phi) is 4.69. The van der Waals surface area contributed by atoms with Gasteiger partial charge in [-0.1, -0.05) is 24.3 Å². The number of hydrogen-bond acceptors (Lipinski definition) is 3. The molecule has 122 valence electrons. The maximum atomic E-state index is 12.7. The van der Waals surface area contributed by atoms with Gasteiger partial charge in [0, 0.05) is 12.7 Å². The van der Waals surface area contributed by atoms with Gasteiger partial charge in [-0.3, -0.25) is 4.57 Å². The van der Waals surface area contributed by atoms with E-state index in [-0.39, 0.29) is 6.16 Å². The molecule has 0 fully saturated rings. The third-order valence-corrected chi connectivity index (χ3v) is 6.18. The minimum atomic E-state index is -3.94. The summed E-state index contributed by atoms with van der Waals surface area (Å²) in [5, 5.41) is 0. The maximum absolute atomic E-state index is 12.7. The molecule has 0 atom stereocenters. The highest BCUT2D eigenvalue weighted by molar-refractivity contribution is 7.85. The van der Waals surface area contributed by atoms with Gasteiger partial charge in [0.15, 0.2) is 0 Å². The van der Waals surface area contributed by atoms with Gasteiger partial charge in [-0.25, -0.2) is 4.21 Å². The molecule has 0 aromatic heterocycles. The van der Waals surface area contributed by atoms with Crippen molar-refractivity contribution in [1.82, 2.24) is 0 Å². The predicted molar refractivity (Wildman–Crippen MR) is 90.7 cm³/mol. The zero-order valence-corrected chi connectivity index (χ0v) is 14.2. The Labute approximate surface area is 137 Å². The van der Waals surface area contributed by atoms with Gasteiger partial charge in [-0.15, -0.1) is 0 Å². The van der Waals surface area contributed by atoms with Gasteiger partial charge in [0.1, 0.15) is 0 Å². The van der Waals surface area contributed by atoms with E-state index in [0.717, 1.165) is 21.2 Å². The molecule has 1 heterocycles. The van der Waals surface area contributed by atoms with Crippen molar-refractivity contribution in [2.75, 3.05) is 17.6 Å². The number of nitrogens with zero attached hydrogens (tertiary/aromatic N) is 1. The first-order chi connectivity index (χ1) is 11.0. The average Bonchev–Trinajstić information content (AvgIpc) is 2.53. The van der Waals surface area contributed by atoms with Crippen LogP contribution in [0.1, 0.15) is 12.8 Å². The molecule has 2 aromatic rings. The molecule has 0 amide bonds. The average molecular weight is 351 g/mol. The second kappa shape index (κ2) is 6.57. The number of unbranched alkanes of at least 4 members (excludes halogenated alkanes) is 1. The van der Waals surface area contributed by atoms with E-state index in [9.17, 15) is 8.77 Å². The quantitative estimate of drug-likeness (QED) is 0.639. The number of fused-ring (bicyclic) bond motifs is 2. The van der Waals surface area contributed by atoms with E-state index in [1.807, 2.05) is 48.5 Å². The van der Waals surface area contributed by atoms with Crippen molar-refractivity contribution in [3.05, 3.63) is 48.5 Å². The standard InChI is InChI=1S/C16H18NO4PS/c18-22(19,20)12-6-5-11-17-13-7-1-3-9-15(13)23(21)16-10-4-2-8-14(16)17/h1-4,7-10H,5-6,11-12H2,(H2,18,19,20). The van der Waals surface area contributed by atoms with Crippen LogP contribution < -0.4 is 4.90 Å². The first-order valence-corrected chi connectivity index (χ1v) is 10.3. The van der Waals surface area contributed by atoms with Crippen molar-refractivity contribution in [3.8, 4) is 0 Å². The van der Waals surface area contributed by atoms with Crippen LogP contribution in [0.2, 0.25) is 0 Å². The van der Waals surface area contributed by atoms with Crippen LogP contribution >= 0.6 is 7.60 Å². The SMILES string of the molecule is O=S1c2ccccc2N(CCCCP(=O)(O)O)c2ccccc21. The van der Waals surface area contributed by atoms with E-state index >= 15 is 0 Å². The second-order valence-corrected chi connectivity index (χ2v) is 8.64. The molecular formula is C16H18NO4PS. The molecule has 3 rings (SSSR count). The lowest BCUT2D eigenvalue weighted by atomic mass is 10.2. The van der Waals surface area contributed by atoms with Crippen molar-refractivity contribution in [3.63, 3.8) is 0 Å². The van der Waals surface area contributed by atoms with Crippen LogP contribution in [0.4, 0.5) is 11.4 Å². The molecule has 7 heteroatoms. The molecule has 1 aliphatic heterocycles. The number of para-hydroxylation sites is 2. The predicted octanol–water partition coefficient (Wildman–Crippen LogP) is 3.26. The summed E-state index contributed by atoms with van der Waals surface area (Å²) in [5.41, 5.74) is 1.81. The molecule has 5 nitrogen and oxygen atoms in total. The van der Waals surface area contributed by atoms with Crippen molar-refractivity contribution < 1.29 is 18.6 Å². The van der Waals surface area contributed by atoms with Crippen LogP contribution in [0.25, 0.3) is 0 Å². The van der Waals surface area contributed by atoms with Crippen molar-refractivity contribution in [1.29, 1.82) is 0 Å². The third kappa shape index (κ3) is 3.56. The van der Waals surface area contributed by atoms with E-state index in [1.54, 1.807) is 0 Å². The Bertz CT molecular complexity index is 740. The summed E-state index contributed by atoms with van der Waals surface area (Å²) in [6.45, 7) is 0.630. The van der Waals surface area contributed by atoms with E-state index in [4.69, 9.17) is 9.79 Å². The summed E-state index contributed by atoms with van der Waals surface area (Å²) < 4.78 is 23.7. The molecule has 23 heavy (non-hydrogen) atoms. The fourth-order valence-electron chi connectivity index (χ4n) is 2.75. The minimum Gasteiger partial charge on any atom is -0.339 e. The van der Waals surface area contributed by atoms with Crippen LogP contribution in [-0.2, 0) is 15.4 Å². The first-order valence-electron chi connectivity index (χ1n) is 7.39. The van der Waals surface area contributed by atoms with Gasteiger partial charge < -0.3 is 14.7 Å². The molecule has 0 bridgehead atoms. The topological polar surface area (TPSA) is 77.8 Å². The molecule has 0 saturated carbocycles. The van der Waals surface area contributed by atoms with E-state index in [2.05, 4.69) is 4.90 Å². The summed E-state index contributed by atoms with van der Waals surface area (Å²) in [6, 6.07) is 15.2. The molecule has 0 saturated heterocycles. The Morgan fingerprint density at radius 1 is 0.913 bits per heavy atom. The van der Waals surface area contributed by atoms with Gasteiger partial charge in [-0.05, 0) is 37.1 Å². The van der Waals surface area contributed by atoms with E-state index in [1.165, 1.54) is 0 Å². The van der Waals surface area contributed by atoms with Gasteiger partial charge in [0.25, 0.3) is 0 Å². The van der Waals surface area contributed by atoms with Gasteiger partial charge in [-0.2, -0.15) is 0 Å². The van der Waals surface area contributed by atoms with Gasteiger partial charge in [0.05, 0.1) is 32.0 Å². The summed E-state index contributed by atoms with van der Waals surface area (Å²) in [6.07, 6.45) is 1.00. The monoisotopic (exact) mass is 351 g/mol. The summed E-state index contributed by atoms with van der Waals surface area (Å²) in [7, 11) is -5.14. The molecule has 0 spiro atoms. The lowest BCUT2D eigenvalue weighted by Gasteiger charge is -2.32. The molecule has 2 N–H and O–H groups in total. The van der Waals surface area contributed by atoms with E-state index in [0.29, 0.717) is 19.4 Å². The summed E-state index contributed by atoms with van der Waals surface area (Å²) >= 11 is 0. The van der Waals surface area contributed by atoms with Crippen LogP contribution in [0.5, 0.6) is 0 Å². The number of benzene rings is 2. The zero-order chi connectivity index (χ0) is 16.4. The van der Waals surface area contributed by atoms with Crippen LogP contribution in [-0.4, -0.2) is 26.7 Å². The normalized spacial score (nSPS) is 14.4. The molecule has 0 radical (unpaired) electrons. The van der Waals surface area contributed by atoms with Crippen LogP contribution in [0.15, 0.2) is 58.3 Å². The van der Waals surface area contributed by atoms with Crippen molar-refractivity contribution in [2.45, 2.75) is 22.6 Å². The molecule has 0 unspecified atom stereocenters. The van der Waals surface area contributed by atoms with Crippen molar-refractivity contribution in [2.24, 2.45) is 0 Å². The zero-order valence-electron chi connectivity index (χ0n) is 12.5. The molecular weight excluding hydrogens is 333 g/mol. The lowest BCUT2D eigenvalue weighted by molar-refractivity contribution is 0.371. The highest BCUT2D eigenvalue weighted by Crippen LogP contribution is 2.42. The fraction of sp³-hybridized carbons (Fsp3) is 0.250. The lowest BCUT2D eigenvalue weighted by Crippen LogP contribution is -2.25. The molecule has 0 aliphatic carbocycles. The third-order valence-electron chi connectivity index (χ3n) is 3.79. The smallest absolute Gasteiger partial charge is 0.325 e. The Hall–Kier alpha value is -1.46. The molecule has 1 aliphatic rings. The minimum absolute atomic E-state index is 0.101. The number of anilines is 2. The summed E-state index contributed by atoms with van der Waals surface area (Å²) in [5.74, 6) is 0. The number of hydrogen-bond donors (Lipinski definition) is 2. The largest absolute Gasteiger partial charge is 0.339 e. The van der Waals surface area contributed by atoms with Gasteiger partial charge >= 0.3 is 7.60 Å². The summed E-state index contributed by atoms with van der Waals surface area (Å²) in [4.78, 5) is 21.6. The van der Waals surface area contributed by atoms with Crippen molar-refractivity contribution >= 4 is 29.8 Å². The molecule has 2 aromatic carbocycles. The first kappa shape index (κ1) is 16.4. The van der Waals surface area contributed by atoms with Crippen LogP contribution in [0.3, 0.4) is 0 Å². The Balaban J connectivity index is 1.86. The highest BCUT2D eigenvalue weighted by atomic mass is 32.2. The van der Waals surface area contributed by atoms with E-state index < -0.39 is 18.4 Å². The highest BCUT2D eigenvalue weighted by Gasteiger charge is 2.27. The van der Waals surface area contributed by atoms with Crippen LogP contribution in [0, 0.1) is 0 Å². The number of rotatable bonds is 5. The second-order valence-electron chi connectivity index (χ2n) is 5.45.